The molecule has 0 unspecified atom stereocenters. The second-order valence-corrected chi connectivity index (χ2v) is 4.41. The number of amides is 1. The van der Waals surface area contributed by atoms with E-state index in [0.717, 1.165) is 15.7 Å². The van der Waals surface area contributed by atoms with Gasteiger partial charge in [-0.05, 0) is 52.9 Å². The largest absolute Gasteiger partial charge is 0.488 e. The summed E-state index contributed by atoms with van der Waals surface area (Å²) >= 11 is 2.22. The number of hydrogen-bond acceptors (Lipinski definition) is 2. The molecule has 1 aromatic rings. The van der Waals surface area contributed by atoms with Crippen LogP contribution in [0.5, 0.6) is 0 Å². The van der Waals surface area contributed by atoms with Gasteiger partial charge in [0.25, 0.3) is 5.91 Å². The molecule has 15 heavy (non-hydrogen) atoms. The molecule has 3 nitrogen and oxygen atoms in total. The molecule has 1 aliphatic rings. The molecule has 0 saturated heterocycles. The second-order valence-electron chi connectivity index (χ2n) is 3.17. The molecule has 0 fully saturated rings. The average Bonchev–Trinajstić information content (AvgIpc) is 2.74. The van der Waals surface area contributed by atoms with Crippen molar-refractivity contribution in [3.8, 4) is 0 Å². The minimum Gasteiger partial charge on any atom is -0.488 e. The molecule has 0 atom stereocenters. The summed E-state index contributed by atoms with van der Waals surface area (Å²) in [5, 5.41) is 2.78. The molecule has 0 spiro atoms. The summed E-state index contributed by atoms with van der Waals surface area (Å²) in [6.45, 7) is 0.607. The highest BCUT2D eigenvalue weighted by atomic mass is 127. The normalized spacial score (nSPS) is 14.3. The van der Waals surface area contributed by atoms with Gasteiger partial charge in [0.1, 0.15) is 0 Å². The van der Waals surface area contributed by atoms with Gasteiger partial charge < -0.3 is 10.1 Å². The van der Waals surface area contributed by atoms with Crippen LogP contribution in [-0.4, -0.2) is 12.5 Å². The third-order valence-corrected chi connectivity index (χ3v) is 2.75. The van der Waals surface area contributed by atoms with Crippen molar-refractivity contribution >= 4 is 34.2 Å². The van der Waals surface area contributed by atoms with Gasteiger partial charge in [0.15, 0.2) is 5.76 Å². The third-order valence-electron chi connectivity index (χ3n) is 2.03. The van der Waals surface area contributed by atoms with Crippen molar-refractivity contribution in [2.75, 3.05) is 11.9 Å². The topological polar surface area (TPSA) is 38.3 Å². The van der Waals surface area contributed by atoms with Gasteiger partial charge in [0, 0.05) is 15.7 Å². The predicted octanol–water partition coefficient (Wildman–Crippen LogP) is 2.53. The molecule has 1 amide bonds. The van der Waals surface area contributed by atoms with E-state index in [2.05, 4.69) is 27.9 Å². The summed E-state index contributed by atoms with van der Waals surface area (Å²) in [5.74, 6) is 0.252. The van der Waals surface area contributed by atoms with Crippen LogP contribution in [0.1, 0.15) is 6.42 Å². The monoisotopic (exact) mass is 315 g/mol. The number of rotatable bonds is 2. The van der Waals surface area contributed by atoms with Crippen molar-refractivity contribution in [3.05, 3.63) is 39.7 Å². The van der Waals surface area contributed by atoms with Crippen LogP contribution in [0.2, 0.25) is 0 Å². The molecule has 4 heteroatoms. The summed E-state index contributed by atoms with van der Waals surface area (Å²) in [5.41, 5.74) is 0.789. The lowest BCUT2D eigenvalue weighted by atomic mass is 10.3. The molecule has 0 saturated carbocycles. The van der Waals surface area contributed by atoms with Crippen molar-refractivity contribution in [2.24, 2.45) is 0 Å². The van der Waals surface area contributed by atoms with Crippen LogP contribution in [0.15, 0.2) is 36.1 Å². The highest BCUT2D eigenvalue weighted by Crippen LogP contribution is 2.14. The third kappa shape index (κ3) is 2.71. The van der Waals surface area contributed by atoms with Gasteiger partial charge in [0.2, 0.25) is 0 Å². The van der Waals surface area contributed by atoms with Crippen LogP contribution in [-0.2, 0) is 9.53 Å². The van der Waals surface area contributed by atoms with E-state index < -0.39 is 0 Å². The van der Waals surface area contributed by atoms with Crippen LogP contribution in [0.25, 0.3) is 0 Å². The van der Waals surface area contributed by atoms with E-state index >= 15 is 0 Å². The molecular formula is C11H10INO2. The van der Waals surface area contributed by atoms with Crippen molar-refractivity contribution in [1.29, 1.82) is 0 Å². The first-order valence-corrected chi connectivity index (χ1v) is 5.73. The standard InChI is InChI=1S/C11H10INO2/c12-8-3-5-9(6-4-8)13-11(14)10-2-1-7-15-10/h2-6H,1,7H2,(H,13,14). The zero-order chi connectivity index (χ0) is 10.7. The lowest BCUT2D eigenvalue weighted by molar-refractivity contribution is -0.115. The Bertz CT molecular complexity index is 398. The fraction of sp³-hybridized carbons (Fsp3) is 0.182. The minimum absolute atomic E-state index is 0.172. The van der Waals surface area contributed by atoms with Crippen molar-refractivity contribution in [2.45, 2.75) is 6.42 Å². The first-order chi connectivity index (χ1) is 7.25. The van der Waals surface area contributed by atoms with E-state index in [9.17, 15) is 4.79 Å². The summed E-state index contributed by atoms with van der Waals surface area (Å²) in [6.07, 6.45) is 2.62. The highest BCUT2D eigenvalue weighted by molar-refractivity contribution is 14.1. The SMILES string of the molecule is O=C(Nc1ccc(I)cc1)C1=CCCO1. The summed E-state index contributed by atoms with van der Waals surface area (Å²) < 4.78 is 6.30. The number of nitrogens with one attached hydrogen (secondary N) is 1. The average molecular weight is 315 g/mol. The Morgan fingerprint density at radius 2 is 2.07 bits per heavy atom. The molecule has 1 heterocycles. The van der Waals surface area contributed by atoms with Crippen LogP contribution < -0.4 is 5.32 Å². The van der Waals surface area contributed by atoms with Gasteiger partial charge >= 0.3 is 0 Å². The molecule has 1 aromatic carbocycles. The number of carbonyl (C=O) groups excluding carboxylic acids is 1. The molecular weight excluding hydrogens is 305 g/mol. The Hall–Kier alpha value is -1.04. The molecule has 0 radical (unpaired) electrons. The van der Waals surface area contributed by atoms with Crippen molar-refractivity contribution < 1.29 is 9.53 Å². The van der Waals surface area contributed by atoms with Gasteiger partial charge in [-0.25, -0.2) is 0 Å². The first-order valence-electron chi connectivity index (χ1n) is 4.65. The van der Waals surface area contributed by atoms with E-state index in [-0.39, 0.29) is 5.91 Å². The number of carbonyl (C=O) groups is 1. The maximum atomic E-state index is 11.6. The summed E-state index contributed by atoms with van der Waals surface area (Å²) in [4.78, 5) is 11.6. The Morgan fingerprint density at radius 1 is 1.33 bits per heavy atom. The zero-order valence-electron chi connectivity index (χ0n) is 8.00. The number of ether oxygens (including phenoxy) is 1. The molecule has 1 N–H and O–H groups in total. The number of hydrogen-bond donors (Lipinski definition) is 1. The van der Waals surface area contributed by atoms with Gasteiger partial charge in [-0.2, -0.15) is 0 Å². The maximum Gasteiger partial charge on any atom is 0.290 e. The Kier molecular flexibility index (Phi) is 3.25. The quantitative estimate of drug-likeness (QED) is 0.852. The van der Waals surface area contributed by atoms with Gasteiger partial charge in [-0.1, -0.05) is 0 Å². The summed E-state index contributed by atoms with van der Waals surface area (Å²) in [6, 6.07) is 7.63. The van der Waals surface area contributed by atoms with Crippen LogP contribution in [0.3, 0.4) is 0 Å². The summed E-state index contributed by atoms with van der Waals surface area (Å²) in [7, 11) is 0. The maximum absolute atomic E-state index is 11.6. The smallest absolute Gasteiger partial charge is 0.290 e. The van der Waals surface area contributed by atoms with Crippen LogP contribution in [0.4, 0.5) is 5.69 Å². The minimum atomic E-state index is -0.172. The zero-order valence-corrected chi connectivity index (χ0v) is 10.2. The van der Waals surface area contributed by atoms with Gasteiger partial charge in [-0.15, -0.1) is 0 Å². The Balaban J connectivity index is 2.02. The van der Waals surface area contributed by atoms with Gasteiger partial charge in [-0.3, -0.25) is 4.79 Å². The van der Waals surface area contributed by atoms with Crippen LogP contribution >= 0.6 is 22.6 Å². The highest BCUT2D eigenvalue weighted by Gasteiger charge is 2.14. The van der Waals surface area contributed by atoms with E-state index in [1.54, 1.807) is 0 Å². The molecule has 0 aromatic heterocycles. The fourth-order valence-corrected chi connectivity index (χ4v) is 1.66. The van der Waals surface area contributed by atoms with Crippen molar-refractivity contribution in [1.82, 2.24) is 0 Å². The molecule has 2 rings (SSSR count). The first kappa shape index (κ1) is 10.5. The number of benzene rings is 1. The van der Waals surface area contributed by atoms with Crippen molar-refractivity contribution in [3.63, 3.8) is 0 Å². The van der Waals surface area contributed by atoms with E-state index in [1.807, 2.05) is 30.3 Å². The number of anilines is 1. The van der Waals surface area contributed by atoms with E-state index in [4.69, 9.17) is 4.74 Å². The van der Waals surface area contributed by atoms with Crippen LogP contribution in [0, 0.1) is 3.57 Å². The Morgan fingerprint density at radius 3 is 2.67 bits per heavy atom. The molecule has 0 bridgehead atoms. The molecule has 78 valence electrons. The van der Waals surface area contributed by atoms with E-state index in [0.29, 0.717) is 12.4 Å². The number of halogens is 1. The lowest BCUT2D eigenvalue weighted by Gasteiger charge is -2.05. The lowest BCUT2D eigenvalue weighted by Crippen LogP contribution is -2.14. The molecule has 0 aliphatic carbocycles. The second kappa shape index (κ2) is 4.65. The predicted molar refractivity (Wildman–Crippen MR) is 66.4 cm³/mol. The Labute approximate surface area is 102 Å². The van der Waals surface area contributed by atoms with Gasteiger partial charge in [0.05, 0.1) is 6.61 Å². The fourth-order valence-electron chi connectivity index (χ4n) is 1.30. The van der Waals surface area contributed by atoms with E-state index in [1.165, 1.54) is 0 Å². The molecule has 1 aliphatic heterocycles.